The largest absolute Gasteiger partial charge is 0.463 e. The van der Waals surface area contributed by atoms with Crippen molar-refractivity contribution in [1.29, 1.82) is 0 Å². The third kappa shape index (κ3) is 4.94. The van der Waals surface area contributed by atoms with Gasteiger partial charge in [0.1, 0.15) is 0 Å². The highest BCUT2D eigenvalue weighted by Crippen LogP contribution is 2.25. The molecule has 0 saturated carbocycles. The molecule has 1 amide bonds. The van der Waals surface area contributed by atoms with Gasteiger partial charge in [0, 0.05) is 65.0 Å². The van der Waals surface area contributed by atoms with E-state index in [9.17, 15) is 13.2 Å². The van der Waals surface area contributed by atoms with Crippen LogP contribution < -0.4 is 4.74 Å². The van der Waals surface area contributed by atoms with Crippen LogP contribution in [0.2, 0.25) is 0 Å². The van der Waals surface area contributed by atoms with E-state index >= 15 is 0 Å². The number of aromatic nitrogens is 2. The van der Waals surface area contributed by atoms with Crippen LogP contribution in [-0.2, 0) is 15.0 Å². The second kappa shape index (κ2) is 8.49. The maximum atomic E-state index is 12.3. The van der Waals surface area contributed by atoms with E-state index in [1.54, 1.807) is 32.6 Å². The Morgan fingerprint density at radius 3 is 2.48 bits per heavy atom. The average molecular weight is 398 g/mol. The Morgan fingerprint density at radius 1 is 1.19 bits per heavy atom. The van der Waals surface area contributed by atoms with E-state index in [4.69, 9.17) is 4.74 Å². The first kappa shape index (κ1) is 20.0. The van der Waals surface area contributed by atoms with Gasteiger partial charge in [-0.2, -0.15) is 17.0 Å². The van der Waals surface area contributed by atoms with Gasteiger partial charge >= 0.3 is 6.01 Å². The molecule has 9 nitrogen and oxygen atoms in total. The molecule has 1 aromatic rings. The molecule has 2 aliphatic heterocycles. The standard InChI is InChI=1S/C17H27N5O4S/c1-20(2)27(24,25)22-8-4-14(5-9-22)11-21-12-15(10-16(21)23)13-26-17-18-6-3-7-19-17/h3,6-7,14-15H,4-5,8-13H2,1-2H3. The number of nitrogens with zero attached hydrogens (tertiary/aromatic N) is 5. The van der Waals surface area contributed by atoms with Gasteiger partial charge in [-0.15, -0.1) is 0 Å². The van der Waals surface area contributed by atoms with Gasteiger partial charge in [-0.05, 0) is 24.8 Å². The van der Waals surface area contributed by atoms with Gasteiger partial charge in [0.05, 0.1) is 6.61 Å². The Balaban J connectivity index is 1.44. The van der Waals surface area contributed by atoms with E-state index in [-0.39, 0.29) is 11.8 Å². The van der Waals surface area contributed by atoms with E-state index in [1.165, 1.54) is 8.61 Å². The molecule has 0 bridgehead atoms. The van der Waals surface area contributed by atoms with Crippen LogP contribution in [0.1, 0.15) is 19.3 Å². The van der Waals surface area contributed by atoms with E-state index in [1.807, 2.05) is 4.90 Å². The Bertz CT molecular complexity index is 735. The van der Waals surface area contributed by atoms with Crippen LogP contribution in [0, 0.1) is 11.8 Å². The molecule has 2 saturated heterocycles. The summed E-state index contributed by atoms with van der Waals surface area (Å²) in [5.74, 6) is 0.608. The van der Waals surface area contributed by atoms with Crippen molar-refractivity contribution < 1.29 is 17.9 Å². The first-order chi connectivity index (χ1) is 12.9. The molecular formula is C17H27N5O4S. The van der Waals surface area contributed by atoms with Crippen molar-refractivity contribution in [3.63, 3.8) is 0 Å². The summed E-state index contributed by atoms with van der Waals surface area (Å²) in [6.07, 6.45) is 5.26. The zero-order chi connectivity index (χ0) is 19.4. The number of hydrogen-bond donors (Lipinski definition) is 0. The fourth-order valence-corrected chi connectivity index (χ4v) is 4.69. The van der Waals surface area contributed by atoms with Gasteiger partial charge in [0.15, 0.2) is 0 Å². The molecule has 0 N–H and O–H groups in total. The Hall–Kier alpha value is -1.78. The van der Waals surface area contributed by atoms with Crippen LogP contribution in [0.15, 0.2) is 18.5 Å². The number of hydrogen-bond acceptors (Lipinski definition) is 6. The molecule has 0 aliphatic carbocycles. The number of rotatable bonds is 7. The first-order valence-electron chi connectivity index (χ1n) is 9.21. The molecule has 27 heavy (non-hydrogen) atoms. The molecule has 0 spiro atoms. The van der Waals surface area contributed by atoms with E-state index < -0.39 is 10.2 Å². The fraction of sp³-hybridized carbons (Fsp3) is 0.706. The normalized spacial score (nSPS) is 22.6. The lowest BCUT2D eigenvalue weighted by atomic mass is 9.97. The fourth-order valence-electron chi connectivity index (χ4n) is 3.56. The second-order valence-electron chi connectivity index (χ2n) is 7.34. The zero-order valence-electron chi connectivity index (χ0n) is 15.8. The third-order valence-corrected chi connectivity index (χ3v) is 7.07. The number of carbonyl (C=O) groups is 1. The van der Waals surface area contributed by atoms with Crippen molar-refractivity contribution >= 4 is 16.1 Å². The molecule has 0 aromatic carbocycles. The van der Waals surface area contributed by atoms with Crippen molar-refractivity contribution in [2.45, 2.75) is 19.3 Å². The number of likely N-dealkylation sites (tertiary alicyclic amines) is 1. The quantitative estimate of drug-likeness (QED) is 0.653. The Labute approximate surface area is 160 Å². The summed E-state index contributed by atoms with van der Waals surface area (Å²) in [4.78, 5) is 22.2. The summed E-state index contributed by atoms with van der Waals surface area (Å²) in [6, 6.07) is 2.06. The highest BCUT2D eigenvalue weighted by molar-refractivity contribution is 7.86. The molecule has 1 unspecified atom stereocenters. The molecule has 150 valence electrons. The van der Waals surface area contributed by atoms with Crippen LogP contribution in [0.25, 0.3) is 0 Å². The van der Waals surface area contributed by atoms with Gasteiger partial charge < -0.3 is 9.64 Å². The third-order valence-electron chi connectivity index (χ3n) is 5.12. The van der Waals surface area contributed by atoms with Gasteiger partial charge in [0.2, 0.25) is 5.91 Å². The number of piperidine rings is 1. The lowest BCUT2D eigenvalue weighted by Crippen LogP contribution is -2.46. The first-order valence-corrected chi connectivity index (χ1v) is 10.6. The van der Waals surface area contributed by atoms with Gasteiger partial charge in [-0.1, -0.05) is 0 Å². The molecule has 0 radical (unpaired) electrons. The molecule has 3 heterocycles. The second-order valence-corrected chi connectivity index (χ2v) is 9.49. The van der Waals surface area contributed by atoms with E-state index in [0.717, 1.165) is 12.8 Å². The lowest BCUT2D eigenvalue weighted by molar-refractivity contribution is -0.128. The van der Waals surface area contributed by atoms with Crippen LogP contribution in [0.3, 0.4) is 0 Å². The summed E-state index contributed by atoms with van der Waals surface area (Å²) in [5.41, 5.74) is 0. The molecule has 1 atom stereocenters. The minimum atomic E-state index is -3.35. The molecule has 1 aromatic heterocycles. The van der Waals surface area contributed by atoms with Crippen molar-refractivity contribution in [2.75, 3.05) is 46.9 Å². The molecule has 2 fully saturated rings. The average Bonchev–Trinajstić information content (AvgIpc) is 3.01. The predicted molar refractivity (Wildman–Crippen MR) is 99.1 cm³/mol. The number of carbonyl (C=O) groups excluding carboxylic acids is 1. The van der Waals surface area contributed by atoms with Crippen molar-refractivity contribution in [1.82, 2.24) is 23.5 Å². The summed E-state index contributed by atoms with van der Waals surface area (Å²) in [5, 5.41) is 0. The van der Waals surface area contributed by atoms with Crippen molar-refractivity contribution in [3.8, 4) is 6.01 Å². The summed E-state index contributed by atoms with van der Waals surface area (Å²) >= 11 is 0. The highest BCUT2D eigenvalue weighted by Gasteiger charge is 2.34. The lowest BCUT2D eigenvalue weighted by Gasteiger charge is -2.34. The van der Waals surface area contributed by atoms with Gasteiger partial charge in [0.25, 0.3) is 10.2 Å². The molecule has 2 aliphatic rings. The SMILES string of the molecule is CN(C)S(=O)(=O)N1CCC(CN2CC(COc3ncccn3)CC2=O)CC1. The zero-order valence-corrected chi connectivity index (χ0v) is 16.6. The monoisotopic (exact) mass is 397 g/mol. The summed E-state index contributed by atoms with van der Waals surface area (Å²) in [7, 11) is -0.249. The molecular weight excluding hydrogens is 370 g/mol. The van der Waals surface area contributed by atoms with Gasteiger partial charge in [-0.25, -0.2) is 9.97 Å². The maximum absolute atomic E-state index is 12.3. The van der Waals surface area contributed by atoms with Gasteiger partial charge in [-0.3, -0.25) is 4.79 Å². The minimum Gasteiger partial charge on any atom is -0.463 e. The van der Waals surface area contributed by atoms with Crippen LogP contribution in [-0.4, -0.2) is 84.7 Å². The summed E-state index contributed by atoms with van der Waals surface area (Å²) < 4.78 is 32.7. The maximum Gasteiger partial charge on any atom is 0.316 e. The Kier molecular flexibility index (Phi) is 6.28. The Morgan fingerprint density at radius 2 is 1.85 bits per heavy atom. The van der Waals surface area contributed by atoms with Crippen molar-refractivity contribution in [3.05, 3.63) is 18.5 Å². The van der Waals surface area contributed by atoms with E-state index in [2.05, 4.69) is 9.97 Å². The molecule has 3 rings (SSSR count). The minimum absolute atomic E-state index is 0.135. The predicted octanol–water partition coefficient (Wildman–Crippen LogP) is 0.222. The highest BCUT2D eigenvalue weighted by atomic mass is 32.2. The topological polar surface area (TPSA) is 95.9 Å². The number of amides is 1. The van der Waals surface area contributed by atoms with Crippen LogP contribution in [0.5, 0.6) is 6.01 Å². The van der Waals surface area contributed by atoms with E-state index in [0.29, 0.717) is 51.1 Å². The number of ether oxygens (including phenoxy) is 1. The molecule has 10 heteroatoms. The van der Waals surface area contributed by atoms with Crippen LogP contribution in [0.4, 0.5) is 0 Å². The van der Waals surface area contributed by atoms with Crippen molar-refractivity contribution in [2.24, 2.45) is 11.8 Å². The van der Waals surface area contributed by atoms with Crippen LogP contribution >= 0.6 is 0 Å². The summed E-state index contributed by atoms with van der Waals surface area (Å²) in [6.45, 7) is 2.79. The smallest absolute Gasteiger partial charge is 0.316 e.